The lowest BCUT2D eigenvalue weighted by atomic mass is 10.1. The Balaban J connectivity index is 0.000000486. The molecule has 0 amide bonds. The predicted octanol–water partition coefficient (Wildman–Crippen LogP) is 3.58. The second kappa shape index (κ2) is 11.0. The Labute approximate surface area is 126 Å². The van der Waals surface area contributed by atoms with Crippen LogP contribution in [0.2, 0.25) is 0 Å². The van der Waals surface area contributed by atoms with E-state index in [-0.39, 0.29) is 11.1 Å². The van der Waals surface area contributed by atoms with Crippen LogP contribution in [-0.2, 0) is 14.0 Å². The maximum absolute atomic E-state index is 11.2. The van der Waals surface area contributed by atoms with Crippen molar-refractivity contribution in [2.75, 3.05) is 20.4 Å². The standard InChI is InChI=1S/C10H10O4.C5H11OP/c1-13-9(11)7-5-3-4-6-8(7)10(12)14-2;1-5(2)3-4-7-6/h3-6H,1-2H3;5H,3-4H2,1-2H3. The van der Waals surface area contributed by atoms with Gasteiger partial charge in [-0.1, -0.05) is 26.0 Å². The minimum Gasteiger partial charge on any atom is -0.465 e. The van der Waals surface area contributed by atoms with Gasteiger partial charge in [0.15, 0.2) is 8.46 Å². The van der Waals surface area contributed by atoms with Crippen LogP contribution in [-0.4, -0.2) is 32.3 Å². The normalized spacial score (nSPS) is 9.76. The summed E-state index contributed by atoms with van der Waals surface area (Å²) in [5, 5.41) is 0. The summed E-state index contributed by atoms with van der Waals surface area (Å²) in [5.74, 6) is -0.404. The summed E-state index contributed by atoms with van der Waals surface area (Å²) in [6, 6.07) is 6.33. The van der Waals surface area contributed by atoms with Crippen molar-refractivity contribution in [3.63, 3.8) is 0 Å². The first kappa shape index (κ1) is 19.3. The molecular formula is C15H21O5P. The van der Waals surface area contributed by atoms with Gasteiger partial charge in [0, 0.05) is 6.16 Å². The van der Waals surface area contributed by atoms with Gasteiger partial charge in [-0.15, -0.1) is 0 Å². The largest absolute Gasteiger partial charge is 0.465 e. The Morgan fingerprint density at radius 1 is 1.05 bits per heavy atom. The van der Waals surface area contributed by atoms with Crippen LogP contribution in [0.15, 0.2) is 24.3 Å². The smallest absolute Gasteiger partial charge is 0.338 e. The number of carbonyl (C=O) groups excluding carboxylic acids is 2. The van der Waals surface area contributed by atoms with E-state index < -0.39 is 11.9 Å². The third-order valence-corrected chi connectivity index (χ3v) is 2.98. The van der Waals surface area contributed by atoms with Crippen molar-refractivity contribution in [1.29, 1.82) is 0 Å². The molecular weight excluding hydrogens is 291 g/mol. The molecule has 0 fully saturated rings. The third kappa shape index (κ3) is 7.57. The SMILES string of the molecule is CC(C)CCP=O.COC(=O)c1ccccc1C(=O)OC. The summed E-state index contributed by atoms with van der Waals surface area (Å²) >= 11 is 0. The number of rotatable bonds is 5. The van der Waals surface area contributed by atoms with Crippen LogP contribution in [0.5, 0.6) is 0 Å². The van der Waals surface area contributed by atoms with Crippen LogP contribution in [0, 0.1) is 5.92 Å². The van der Waals surface area contributed by atoms with Crippen LogP contribution in [0.4, 0.5) is 0 Å². The van der Waals surface area contributed by atoms with E-state index >= 15 is 0 Å². The molecule has 0 bridgehead atoms. The van der Waals surface area contributed by atoms with Gasteiger partial charge < -0.3 is 9.47 Å². The summed E-state index contributed by atoms with van der Waals surface area (Å²) < 4.78 is 18.9. The number of ether oxygens (including phenoxy) is 2. The fourth-order valence-electron chi connectivity index (χ4n) is 1.37. The molecule has 0 aliphatic carbocycles. The molecule has 0 heterocycles. The highest BCUT2D eigenvalue weighted by Crippen LogP contribution is 2.10. The summed E-state index contributed by atoms with van der Waals surface area (Å²) in [7, 11) is 2.81. The quantitative estimate of drug-likeness (QED) is 0.614. The molecule has 0 N–H and O–H groups in total. The van der Waals surface area contributed by atoms with Gasteiger partial charge >= 0.3 is 11.9 Å². The number of methoxy groups -OCH3 is 2. The van der Waals surface area contributed by atoms with Gasteiger partial charge in [-0.2, -0.15) is 0 Å². The van der Waals surface area contributed by atoms with Crippen LogP contribution in [0.25, 0.3) is 0 Å². The van der Waals surface area contributed by atoms with Crippen molar-refractivity contribution in [3.8, 4) is 0 Å². The van der Waals surface area contributed by atoms with Crippen molar-refractivity contribution in [2.24, 2.45) is 5.92 Å². The highest BCUT2D eigenvalue weighted by Gasteiger charge is 2.16. The van der Waals surface area contributed by atoms with Gasteiger partial charge in [0.25, 0.3) is 0 Å². The van der Waals surface area contributed by atoms with Crippen molar-refractivity contribution in [3.05, 3.63) is 35.4 Å². The topological polar surface area (TPSA) is 69.7 Å². The van der Waals surface area contributed by atoms with E-state index in [4.69, 9.17) is 0 Å². The van der Waals surface area contributed by atoms with Gasteiger partial charge in [-0.05, 0) is 24.5 Å². The molecule has 0 spiro atoms. The van der Waals surface area contributed by atoms with Crippen LogP contribution in [0.1, 0.15) is 41.0 Å². The van der Waals surface area contributed by atoms with E-state index in [0.717, 1.165) is 12.6 Å². The van der Waals surface area contributed by atoms with E-state index in [2.05, 4.69) is 23.3 Å². The molecule has 6 heteroatoms. The van der Waals surface area contributed by atoms with Crippen molar-refractivity contribution >= 4 is 20.4 Å². The summed E-state index contributed by atoms with van der Waals surface area (Å²) in [4.78, 5) is 22.4. The zero-order chi connectivity index (χ0) is 16.3. The fourth-order valence-corrected chi connectivity index (χ4v) is 1.99. The van der Waals surface area contributed by atoms with Crippen molar-refractivity contribution in [1.82, 2.24) is 0 Å². The zero-order valence-electron chi connectivity index (χ0n) is 12.8. The van der Waals surface area contributed by atoms with E-state index in [1.807, 2.05) is 0 Å². The van der Waals surface area contributed by atoms with Crippen LogP contribution in [0.3, 0.4) is 0 Å². The van der Waals surface area contributed by atoms with Crippen LogP contribution >= 0.6 is 8.46 Å². The first-order valence-corrected chi connectivity index (χ1v) is 7.52. The maximum Gasteiger partial charge on any atom is 0.338 e. The number of esters is 2. The van der Waals surface area contributed by atoms with Gasteiger partial charge in [0.2, 0.25) is 0 Å². The molecule has 0 atom stereocenters. The Kier molecular flexibility index (Phi) is 10.1. The Bertz CT molecular complexity index is 436. The minimum atomic E-state index is -0.550. The molecule has 0 saturated heterocycles. The molecule has 21 heavy (non-hydrogen) atoms. The predicted molar refractivity (Wildman–Crippen MR) is 81.0 cm³/mol. The van der Waals surface area contributed by atoms with Crippen molar-refractivity contribution < 1.29 is 23.6 Å². The van der Waals surface area contributed by atoms with E-state index in [0.29, 0.717) is 14.4 Å². The van der Waals surface area contributed by atoms with Crippen molar-refractivity contribution in [2.45, 2.75) is 20.3 Å². The summed E-state index contributed by atoms with van der Waals surface area (Å²) in [6.07, 6.45) is 1.89. The van der Waals surface area contributed by atoms with E-state index in [9.17, 15) is 14.2 Å². The maximum atomic E-state index is 11.2. The highest BCUT2D eigenvalue weighted by atomic mass is 31.1. The fraction of sp³-hybridized carbons (Fsp3) is 0.467. The average molecular weight is 312 g/mol. The Morgan fingerprint density at radius 2 is 1.48 bits per heavy atom. The number of hydrogen-bond acceptors (Lipinski definition) is 5. The Morgan fingerprint density at radius 3 is 1.71 bits per heavy atom. The molecule has 5 nitrogen and oxygen atoms in total. The van der Waals surface area contributed by atoms with Crippen LogP contribution < -0.4 is 0 Å². The lowest BCUT2D eigenvalue weighted by molar-refractivity contribution is 0.0555. The Hall–Kier alpha value is -1.74. The molecule has 116 valence electrons. The lowest BCUT2D eigenvalue weighted by Crippen LogP contribution is -2.11. The second-order valence-electron chi connectivity index (χ2n) is 4.56. The number of carbonyl (C=O) groups is 2. The second-order valence-corrected chi connectivity index (χ2v) is 5.27. The molecule has 1 aromatic carbocycles. The van der Waals surface area contributed by atoms with Gasteiger partial charge in [-0.3, -0.25) is 4.57 Å². The van der Waals surface area contributed by atoms with E-state index in [1.165, 1.54) is 26.4 Å². The molecule has 0 unspecified atom stereocenters. The van der Waals surface area contributed by atoms with E-state index in [1.54, 1.807) is 12.1 Å². The monoisotopic (exact) mass is 312 g/mol. The highest BCUT2D eigenvalue weighted by molar-refractivity contribution is 7.23. The molecule has 0 aliphatic heterocycles. The first-order valence-electron chi connectivity index (χ1n) is 6.52. The molecule has 0 aromatic heterocycles. The number of benzene rings is 1. The molecule has 1 aromatic rings. The molecule has 0 aliphatic rings. The summed E-state index contributed by atoms with van der Waals surface area (Å²) in [6.45, 7) is 4.26. The van der Waals surface area contributed by atoms with Gasteiger partial charge in [0.1, 0.15) is 0 Å². The number of hydrogen-bond donors (Lipinski definition) is 0. The van der Waals surface area contributed by atoms with Gasteiger partial charge in [0.05, 0.1) is 25.3 Å². The molecule has 0 radical (unpaired) electrons. The third-order valence-electron chi connectivity index (χ3n) is 2.54. The molecule has 0 saturated carbocycles. The van der Waals surface area contributed by atoms with Gasteiger partial charge in [-0.25, -0.2) is 9.59 Å². The minimum absolute atomic E-state index is 0.210. The molecule has 1 rings (SSSR count). The zero-order valence-corrected chi connectivity index (χ0v) is 13.7. The first-order chi connectivity index (χ1) is 9.97. The average Bonchev–Trinajstić information content (AvgIpc) is 2.51. The lowest BCUT2D eigenvalue weighted by Gasteiger charge is -2.04. The summed E-state index contributed by atoms with van der Waals surface area (Å²) in [5.41, 5.74) is 0.420.